The molecule has 0 radical (unpaired) electrons. The summed E-state index contributed by atoms with van der Waals surface area (Å²) in [5.41, 5.74) is 8.89. The molecule has 1 aromatic carbocycles. The lowest BCUT2D eigenvalue weighted by molar-refractivity contribution is 0.642. The van der Waals surface area contributed by atoms with Gasteiger partial charge < -0.3 is 20.9 Å². The summed E-state index contributed by atoms with van der Waals surface area (Å²) >= 11 is 6.04. The predicted molar refractivity (Wildman–Crippen MR) is 115 cm³/mol. The highest BCUT2D eigenvalue weighted by molar-refractivity contribution is 6.30. The van der Waals surface area contributed by atoms with Gasteiger partial charge in [0.25, 0.3) is 0 Å². The van der Waals surface area contributed by atoms with Crippen molar-refractivity contribution in [2.24, 2.45) is 0 Å². The highest BCUT2D eigenvalue weighted by atomic mass is 35.5. The Kier molecular flexibility index (Phi) is 5.16. The molecule has 1 aliphatic heterocycles. The molecule has 0 aliphatic carbocycles. The Morgan fingerprint density at radius 3 is 2.50 bits per heavy atom. The quantitative estimate of drug-likeness (QED) is 0.699. The second kappa shape index (κ2) is 7.90. The number of piperazine rings is 1. The average molecular weight is 396 g/mol. The molecule has 4 rings (SSSR count). The summed E-state index contributed by atoms with van der Waals surface area (Å²) in [6, 6.07) is 11.6. The van der Waals surface area contributed by atoms with Gasteiger partial charge in [0.1, 0.15) is 17.8 Å². The fourth-order valence-corrected chi connectivity index (χ4v) is 3.55. The third kappa shape index (κ3) is 3.80. The molecule has 1 saturated heterocycles. The fraction of sp³-hybridized carbons (Fsp3) is 0.250. The van der Waals surface area contributed by atoms with Gasteiger partial charge >= 0.3 is 0 Å². The second-order valence-corrected chi connectivity index (χ2v) is 7.14. The zero-order valence-electron chi connectivity index (χ0n) is 15.6. The summed E-state index contributed by atoms with van der Waals surface area (Å²) in [5, 5.41) is 4.00. The first kappa shape index (κ1) is 18.3. The number of halogens is 1. The molecule has 3 N–H and O–H groups in total. The highest BCUT2D eigenvalue weighted by Gasteiger charge is 2.22. The number of nitrogens with one attached hydrogen (secondary N) is 1. The second-order valence-electron chi connectivity index (χ2n) is 6.71. The minimum absolute atomic E-state index is 0.545. The van der Waals surface area contributed by atoms with Gasteiger partial charge in [-0.25, -0.2) is 15.0 Å². The van der Waals surface area contributed by atoms with Crippen LogP contribution in [0.2, 0.25) is 5.02 Å². The Morgan fingerprint density at radius 1 is 1.00 bits per heavy atom. The lowest BCUT2D eigenvalue weighted by Crippen LogP contribution is -2.47. The van der Waals surface area contributed by atoms with E-state index in [0.29, 0.717) is 16.5 Å². The van der Waals surface area contributed by atoms with Crippen LogP contribution in [0.15, 0.2) is 48.9 Å². The number of benzene rings is 1. The van der Waals surface area contributed by atoms with Crippen molar-refractivity contribution < 1.29 is 0 Å². The van der Waals surface area contributed by atoms with Gasteiger partial charge in [0.2, 0.25) is 0 Å². The van der Waals surface area contributed by atoms with Gasteiger partial charge in [-0.15, -0.1) is 0 Å². The van der Waals surface area contributed by atoms with Crippen molar-refractivity contribution in [2.75, 3.05) is 47.0 Å². The monoisotopic (exact) mass is 395 g/mol. The average Bonchev–Trinajstić information content (AvgIpc) is 2.72. The molecule has 28 heavy (non-hydrogen) atoms. The van der Waals surface area contributed by atoms with Crippen LogP contribution in [0.3, 0.4) is 0 Å². The fourth-order valence-electron chi connectivity index (χ4n) is 3.32. The van der Waals surface area contributed by atoms with Gasteiger partial charge in [0, 0.05) is 43.1 Å². The first-order valence-corrected chi connectivity index (χ1v) is 9.54. The Hall–Kier alpha value is -3.06. The van der Waals surface area contributed by atoms with Crippen LogP contribution in [0.4, 0.5) is 28.8 Å². The maximum atomic E-state index is 6.41. The van der Waals surface area contributed by atoms with Crippen LogP contribution in [0, 0.1) is 6.92 Å². The standard InChI is InChI=1S/C20H22ClN7/c1-14-12-15(21)5-6-16(14)26-19-18(22)20(25-13-24-19)28-10-8-27(9-11-28)17-4-2-3-7-23-17/h2-7,12-13H,8-11,22H2,1H3,(H,24,25,26). The Labute approximate surface area is 169 Å². The molecule has 0 atom stereocenters. The largest absolute Gasteiger partial charge is 0.393 e. The number of hydrogen-bond donors (Lipinski definition) is 2. The lowest BCUT2D eigenvalue weighted by Gasteiger charge is -2.36. The van der Waals surface area contributed by atoms with E-state index in [1.807, 2.05) is 49.5 Å². The topological polar surface area (TPSA) is 83.2 Å². The van der Waals surface area contributed by atoms with Crippen LogP contribution >= 0.6 is 11.6 Å². The van der Waals surface area contributed by atoms with Crippen molar-refractivity contribution in [3.8, 4) is 0 Å². The number of aromatic nitrogens is 3. The van der Waals surface area contributed by atoms with Crippen LogP contribution in [0.5, 0.6) is 0 Å². The minimum Gasteiger partial charge on any atom is -0.393 e. The molecule has 0 amide bonds. The summed E-state index contributed by atoms with van der Waals surface area (Å²) in [7, 11) is 0. The summed E-state index contributed by atoms with van der Waals surface area (Å²) < 4.78 is 0. The van der Waals surface area contributed by atoms with E-state index in [9.17, 15) is 0 Å². The van der Waals surface area contributed by atoms with E-state index >= 15 is 0 Å². The van der Waals surface area contributed by atoms with Crippen LogP contribution < -0.4 is 20.9 Å². The Bertz CT molecular complexity index is 956. The molecular weight excluding hydrogens is 374 g/mol. The van der Waals surface area contributed by atoms with E-state index in [4.69, 9.17) is 17.3 Å². The predicted octanol–water partition coefficient (Wildman–Crippen LogP) is 3.49. The van der Waals surface area contributed by atoms with Crippen molar-refractivity contribution in [3.05, 3.63) is 59.5 Å². The summed E-state index contributed by atoms with van der Waals surface area (Å²) in [6.45, 7) is 5.34. The number of pyridine rings is 1. The van der Waals surface area contributed by atoms with Gasteiger partial charge in [0.05, 0.1) is 0 Å². The van der Waals surface area contributed by atoms with E-state index in [0.717, 1.165) is 49.1 Å². The van der Waals surface area contributed by atoms with E-state index in [-0.39, 0.29) is 0 Å². The number of anilines is 5. The summed E-state index contributed by atoms with van der Waals surface area (Å²) in [5.74, 6) is 2.35. The zero-order valence-corrected chi connectivity index (χ0v) is 16.4. The third-order valence-corrected chi connectivity index (χ3v) is 5.09. The molecular formula is C20H22ClN7. The normalized spacial score (nSPS) is 14.2. The van der Waals surface area contributed by atoms with Gasteiger partial charge in [0.15, 0.2) is 11.6 Å². The third-order valence-electron chi connectivity index (χ3n) is 4.86. The minimum atomic E-state index is 0.545. The van der Waals surface area contributed by atoms with Crippen molar-refractivity contribution in [2.45, 2.75) is 6.92 Å². The van der Waals surface area contributed by atoms with Crippen molar-refractivity contribution in [3.63, 3.8) is 0 Å². The van der Waals surface area contributed by atoms with Crippen LogP contribution in [0.25, 0.3) is 0 Å². The van der Waals surface area contributed by atoms with Gasteiger partial charge in [-0.05, 0) is 42.8 Å². The molecule has 8 heteroatoms. The zero-order chi connectivity index (χ0) is 19.5. The Balaban J connectivity index is 1.49. The molecule has 2 aromatic heterocycles. The molecule has 0 bridgehead atoms. The number of nitrogen functional groups attached to an aromatic ring is 1. The van der Waals surface area contributed by atoms with Crippen LogP contribution in [-0.2, 0) is 0 Å². The first-order chi connectivity index (χ1) is 13.6. The van der Waals surface area contributed by atoms with E-state index in [1.54, 1.807) is 6.33 Å². The number of nitrogens with two attached hydrogens (primary N) is 1. The molecule has 0 saturated carbocycles. The molecule has 1 aliphatic rings. The lowest BCUT2D eigenvalue weighted by atomic mass is 10.2. The van der Waals surface area contributed by atoms with Crippen LogP contribution in [-0.4, -0.2) is 41.1 Å². The maximum Gasteiger partial charge on any atom is 0.159 e. The molecule has 0 spiro atoms. The highest BCUT2D eigenvalue weighted by Crippen LogP contribution is 2.31. The number of hydrogen-bond acceptors (Lipinski definition) is 7. The maximum absolute atomic E-state index is 6.41. The van der Waals surface area contributed by atoms with Crippen molar-refractivity contribution in [1.82, 2.24) is 15.0 Å². The van der Waals surface area contributed by atoms with E-state index in [1.165, 1.54) is 0 Å². The number of nitrogens with zero attached hydrogens (tertiary/aromatic N) is 5. The van der Waals surface area contributed by atoms with E-state index < -0.39 is 0 Å². The molecule has 7 nitrogen and oxygen atoms in total. The Morgan fingerprint density at radius 2 is 1.79 bits per heavy atom. The van der Waals surface area contributed by atoms with E-state index in [2.05, 4.69) is 30.1 Å². The first-order valence-electron chi connectivity index (χ1n) is 9.16. The smallest absolute Gasteiger partial charge is 0.159 e. The van der Waals surface area contributed by atoms with Crippen molar-refractivity contribution >= 4 is 40.4 Å². The molecule has 3 aromatic rings. The van der Waals surface area contributed by atoms with Gasteiger partial charge in [-0.2, -0.15) is 0 Å². The SMILES string of the molecule is Cc1cc(Cl)ccc1Nc1ncnc(N2CCN(c3ccccn3)CC2)c1N. The molecule has 3 heterocycles. The van der Waals surface area contributed by atoms with Crippen molar-refractivity contribution in [1.29, 1.82) is 0 Å². The number of aryl methyl sites for hydroxylation is 1. The van der Waals surface area contributed by atoms with Gasteiger partial charge in [-0.1, -0.05) is 17.7 Å². The summed E-state index contributed by atoms with van der Waals surface area (Å²) in [4.78, 5) is 17.7. The summed E-state index contributed by atoms with van der Waals surface area (Å²) in [6.07, 6.45) is 3.37. The molecule has 144 valence electrons. The molecule has 1 fully saturated rings. The van der Waals surface area contributed by atoms with Gasteiger partial charge in [-0.3, -0.25) is 0 Å². The number of rotatable bonds is 4. The molecule has 0 unspecified atom stereocenters. The van der Waals surface area contributed by atoms with Crippen LogP contribution in [0.1, 0.15) is 5.56 Å².